The van der Waals surface area contributed by atoms with E-state index in [1.54, 1.807) is 0 Å². The maximum atomic E-state index is 12.2. The van der Waals surface area contributed by atoms with E-state index in [1.807, 2.05) is 0 Å². The van der Waals surface area contributed by atoms with Crippen LogP contribution in [0.4, 0.5) is 0 Å². The third-order valence-electron chi connectivity index (χ3n) is 5.01. The number of aliphatic hydroxyl groups excluding tert-OH is 6. The van der Waals surface area contributed by atoms with Crippen molar-refractivity contribution in [3.8, 4) is 0 Å². The summed E-state index contributed by atoms with van der Waals surface area (Å²) < 4.78 is 26.8. The van der Waals surface area contributed by atoms with Crippen molar-refractivity contribution in [2.45, 2.75) is 75.6 Å². The molecule has 2 fully saturated rings. The Morgan fingerprint density at radius 2 is 1.58 bits per heavy atom. The van der Waals surface area contributed by atoms with Gasteiger partial charge < -0.3 is 54.3 Å². The average molecular weight is 454 g/mol. The summed E-state index contributed by atoms with van der Waals surface area (Å²) in [5.41, 5.74) is 0. The molecule has 0 aromatic rings. The van der Waals surface area contributed by atoms with Gasteiger partial charge in [-0.05, 0) is 0 Å². The second-order valence-corrected chi connectivity index (χ2v) is 7.75. The zero-order chi connectivity index (χ0) is 23.5. The number of hydrogen-bond acceptors (Lipinski definition) is 13. The fourth-order valence-electron chi connectivity index (χ4n) is 3.22. The Labute approximate surface area is 178 Å². The molecule has 0 radical (unpaired) electrons. The van der Waals surface area contributed by atoms with E-state index in [4.69, 9.17) is 23.7 Å². The van der Waals surface area contributed by atoms with Crippen LogP contribution in [0.2, 0.25) is 0 Å². The number of aliphatic hydroxyl groups is 6. The summed E-state index contributed by atoms with van der Waals surface area (Å²) in [5.74, 6) is -4.43. The van der Waals surface area contributed by atoms with Gasteiger partial charge in [0, 0.05) is 6.92 Å². The van der Waals surface area contributed by atoms with E-state index in [9.17, 15) is 40.2 Å². The Morgan fingerprint density at radius 1 is 0.968 bits per heavy atom. The van der Waals surface area contributed by atoms with Gasteiger partial charge in [0.05, 0.1) is 19.1 Å². The summed E-state index contributed by atoms with van der Waals surface area (Å²) in [4.78, 5) is 23.6. The molecule has 2 heterocycles. The molecule has 180 valence electrons. The minimum Gasteiger partial charge on any atom is -0.460 e. The number of carbonyl (C=O) groups is 2. The molecule has 0 spiro atoms. The molecule has 8 unspecified atom stereocenters. The van der Waals surface area contributed by atoms with Crippen molar-refractivity contribution in [1.82, 2.24) is 0 Å². The molecule has 0 aliphatic carbocycles. The summed E-state index contributed by atoms with van der Waals surface area (Å²) in [6.07, 6.45) is -13.0. The fourth-order valence-corrected chi connectivity index (χ4v) is 3.22. The van der Waals surface area contributed by atoms with E-state index in [0.29, 0.717) is 0 Å². The first-order chi connectivity index (χ1) is 14.5. The summed E-state index contributed by atoms with van der Waals surface area (Å²) in [6.45, 7) is 1.92. The van der Waals surface area contributed by atoms with Gasteiger partial charge in [-0.1, -0.05) is 13.8 Å². The molecule has 0 aromatic heterocycles. The van der Waals surface area contributed by atoms with Crippen LogP contribution >= 0.6 is 0 Å². The Hall–Kier alpha value is -1.42. The van der Waals surface area contributed by atoms with E-state index in [-0.39, 0.29) is 0 Å². The quantitative estimate of drug-likeness (QED) is 0.196. The first-order valence-electron chi connectivity index (χ1n) is 9.76. The van der Waals surface area contributed by atoms with Gasteiger partial charge in [-0.3, -0.25) is 9.59 Å². The first kappa shape index (κ1) is 25.8. The maximum Gasteiger partial charge on any atom is 0.308 e. The lowest BCUT2D eigenvalue weighted by molar-refractivity contribution is -0.384. The molecular formula is C18H30O13. The van der Waals surface area contributed by atoms with Crippen molar-refractivity contribution in [3.63, 3.8) is 0 Å². The van der Waals surface area contributed by atoms with Crippen LogP contribution < -0.4 is 0 Å². The molecule has 13 nitrogen and oxygen atoms in total. The lowest BCUT2D eigenvalue weighted by Crippen LogP contribution is -2.63. The molecular weight excluding hydrogens is 424 g/mol. The van der Waals surface area contributed by atoms with Gasteiger partial charge in [-0.25, -0.2) is 0 Å². The Morgan fingerprint density at radius 3 is 2.10 bits per heavy atom. The zero-order valence-corrected chi connectivity index (χ0v) is 17.4. The predicted molar refractivity (Wildman–Crippen MR) is 96.9 cm³/mol. The van der Waals surface area contributed by atoms with Gasteiger partial charge in [-0.2, -0.15) is 0 Å². The van der Waals surface area contributed by atoms with Gasteiger partial charge in [0.25, 0.3) is 0 Å². The SMILES string of the molecule is CC(=O)OC[C@@]1(OC2OC(CO)C(O)C(O)C2O)OC(CO)C(O)C1OC(=O)C(C)C. The maximum absolute atomic E-state index is 12.2. The molecule has 2 aliphatic heterocycles. The van der Waals surface area contributed by atoms with E-state index in [1.165, 1.54) is 13.8 Å². The highest BCUT2D eigenvalue weighted by Gasteiger charge is 2.61. The van der Waals surface area contributed by atoms with E-state index >= 15 is 0 Å². The van der Waals surface area contributed by atoms with Crippen LogP contribution in [0.1, 0.15) is 20.8 Å². The van der Waals surface area contributed by atoms with Gasteiger partial charge >= 0.3 is 11.9 Å². The van der Waals surface area contributed by atoms with Crippen molar-refractivity contribution >= 4 is 11.9 Å². The monoisotopic (exact) mass is 454 g/mol. The highest BCUT2D eigenvalue weighted by Crippen LogP contribution is 2.38. The van der Waals surface area contributed by atoms with E-state index in [2.05, 4.69) is 0 Å². The first-order valence-corrected chi connectivity index (χ1v) is 9.76. The molecule has 2 aliphatic rings. The van der Waals surface area contributed by atoms with Crippen molar-refractivity contribution < 1.29 is 63.9 Å². The largest absolute Gasteiger partial charge is 0.460 e. The second-order valence-electron chi connectivity index (χ2n) is 7.75. The fraction of sp³-hybridized carbons (Fsp3) is 0.889. The molecule has 0 aromatic carbocycles. The van der Waals surface area contributed by atoms with Gasteiger partial charge in [0.1, 0.15) is 43.2 Å². The van der Waals surface area contributed by atoms with E-state index in [0.717, 1.165) is 6.92 Å². The standard InChI is InChI=1S/C18H30O13/c1-7(2)16(26)29-15-12(23)10(5-20)30-18(15,6-27-8(3)21)31-17-14(25)13(24)11(22)9(4-19)28-17/h7,9-15,17,19-20,22-25H,4-6H2,1-3H3/t9?,10?,11?,12?,13?,14?,15?,17?,18-/m0/s1. The van der Waals surface area contributed by atoms with Crippen molar-refractivity contribution in [1.29, 1.82) is 0 Å². The summed E-state index contributed by atoms with van der Waals surface area (Å²) in [5, 5.41) is 59.7. The molecule has 6 N–H and O–H groups in total. The third-order valence-corrected chi connectivity index (χ3v) is 5.01. The van der Waals surface area contributed by atoms with Crippen molar-refractivity contribution in [3.05, 3.63) is 0 Å². The number of esters is 2. The lowest BCUT2D eigenvalue weighted by Gasteiger charge is -2.43. The Balaban J connectivity index is 2.40. The smallest absolute Gasteiger partial charge is 0.308 e. The highest BCUT2D eigenvalue weighted by molar-refractivity contribution is 5.72. The molecule has 31 heavy (non-hydrogen) atoms. The summed E-state index contributed by atoms with van der Waals surface area (Å²) in [7, 11) is 0. The zero-order valence-electron chi connectivity index (χ0n) is 17.4. The van der Waals surface area contributed by atoms with Crippen LogP contribution in [-0.2, 0) is 33.3 Å². The minimum absolute atomic E-state index is 0.626. The van der Waals surface area contributed by atoms with Crippen LogP contribution in [0.15, 0.2) is 0 Å². The lowest BCUT2D eigenvalue weighted by atomic mass is 9.99. The highest BCUT2D eigenvalue weighted by atomic mass is 16.8. The molecule has 0 bridgehead atoms. The normalized spacial score (nSPS) is 40.7. The van der Waals surface area contributed by atoms with Crippen molar-refractivity contribution in [2.24, 2.45) is 5.92 Å². The van der Waals surface area contributed by atoms with Gasteiger partial charge in [0.2, 0.25) is 5.79 Å². The van der Waals surface area contributed by atoms with Crippen LogP contribution in [0.25, 0.3) is 0 Å². The number of rotatable bonds is 8. The Bertz CT molecular complexity index is 626. The van der Waals surface area contributed by atoms with Gasteiger partial charge in [0.15, 0.2) is 12.4 Å². The van der Waals surface area contributed by atoms with Crippen LogP contribution in [0.5, 0.6) is 0 Å². The predicted octanol–water partition coefficient (Wildman–Crippen LogP) is -3.62. The van der Waals surface area contributed by atoms with Gasteiger partial charge in [-0.15, -0.1) is 0 Å². The minimum atomic E-state index is -2.25. The number of ether oxygens (including phenoxy) is 5. The molecule has 13 heteroatoms. The summed E-state index contributed by atoms with van der Waals surface area (Å²) in [6, 6.07) is 0. The molecule has 2 saturated heterocycles. The van der Waals surface area contributed by atoms with Crippen LogP contribution in [-0.4, -0.2) is 117 Å². The number of carbonyl (C=O) groups excluding carboxylic acids is 2. The number of hydrogen-bond donors (Lipinski definition) is 6. The average Bonchev–Trinajstić information content (AvgIpc) is 2.98. The molecule has 0 saturated carbocycles. The second kappa shape index (κ2) is 10.5. The topological polar surface area (TPSA) is 202 Å². The third kappa shape index (κ3) is 5.50. The molecule has 9 atom stereocenters. The summed E-state index contributed by atoms with van der Waals surface area (Å²) >= 11 is 0. The van der Waals surface area contributed by atoms with E-state index < -0.39 is 92.5 Å². The Kier molecular flexibility index (Phi) is 8.72. The molecule has 0 amide bonds. The van der Waals surface area contributed by atoms with Crippen LogP contribution in [0.3, 0.4) is 0 Å². The molecule has 2 rings (SSSR count). The van der Waals surface area contributed by atoms with Crippen LogP contribution in [0, 0.1) is 5.92 Å². The van der Waals surface area contributed by atoms with Crippen molar-refractivity contribution in [2.75, 3.05) is 19.8 Å².